The number of likely N-dealkylation sites (N-methyl/N-ethyl adjacent to an activating group) is 1. The molecule has 1 aromatic rings. The van der Waals surface area contributed by atoms with Gasteiger partial charge in [0.05, 0.1) is 13.2 Å². The number of nitrogens with two attached hydrogens (primary N) is 1. The third-order valence-corrected chi connectivity index (χ3v) is 4.52. The van der Waals surface area contributed by atoms with Gasteiger partial charge in [-0.3, -0.25) is 4.90 Å². The van der Waals surface area contributed by atoms with Gasteiger partial charge in [-0.05, 0) is 37.6 Å². The minimum absolute atomic E-state index is 0.262. The smallest absolute Gasteiger partial charge is 0.161 e. The van der Waals surface area contributed by atoms with E-state index in [-0.39, 0.29) is 6.04 Å². The van der Waals surface area contributed by atoms with Crippen LogP contribution in [0.2, 0.25) is 0 Å². The van der Waals surface area contributed by atoms with Crippen molar-refractivity contribution in [3.05, 3.63) is 23.8 Å². The summed E-state index contributed by atoms with van der Waals surface area (Å²) in [5, 5.41) is 0. The normalized spacial score (nSPS) is 20.4. The van der Waals surface area contributed by atoms with Crippen molar-refractivity contribution in [1.29, 1.82) is 0 Å². The van der Waals surface area contributed by atoms with E-state index in [0.717, 1.165) is 31.1 Å². The molecule has 20 heavy (non-hydrogen) atoms. The van der Waals surface area contributed by atoms with Gasteiger partial charge in [0, 0.05) is 25.0 Å². The van der Waals surface area contributed by atoms with Crippen LogP contribution in [0.3, 0.4) is 0 Å². The summed E-state index contributed by atoms with van der Waals surface area (Å²) >= 11 is 0. The quantitative estimate of drug-likeness (QED) is 0.917. The van der Waals surface area contributed by atoms with Crippen molar-refractivity contribution in [1.82, 2.24) is 4.90 Å². The average Bonchev–Trinajstić information content (AvgIpc) is 2.62. The number of benzene rings is 1. The fraction of sp³-hybridized carbons (Fsp3) is 0.625. The number of hydrogen-bond acceptors (Lipinski definition) is 4. The fourth-order valence-corrected chi connectivity index (χ4v) is 2.97. The Morgan fingerprint density at radius 1 is 1.20 bits per heavy atom. The Labute approximate surface area is 120 Å². The van der Waals surface area contributed by atoms with Gasteiger partial charge in [0.2, 0.25) is 0 Å². The van der Waals surface area contributed by atoms with Crippen molar-refractivity contribution in [3.63, 3.8) is 0 Å². The minimum Gasteiger partial charge on any atom is -0.490 e. The molecule has 4 heteroatoms. The van der Waals surface area contributed by atoms with E-state index in [0.29, 0.717) is 12.6 Å². The van der Waals surface area contributed by atoms with Crippen LogP contribution in [0.15, 0.2) is 18.2 Å². The van der Waals surface area contributed by atoms with Crippen LogP contribution >= 0.6 is 0 Å². The SMILES string of the molecule is CN(C1CCC1)C(CN)c1ccc2c(c1)OCCCO2. The van der Waals surface area contributed by atoms with Gasteiger partial charge in [-0.15, -0.1) is 0 Å². The molecule has 0 radical (unpaired) electrons. The van der Waals surface area contributed by atoms with Crippen molar-refractivity contribution >= 4 is 0 Å². The third-order valence-electron chi connectivity index (χ3n) is 4.52. The summed E-state index contributed by atoms with van der Waals surface area (Å²) in [6.07, 6.45) is 4.86. The Hall–Kier alpha value is -1.26. The summed E-state index contributed by atoms with van der Waals surface area (Å²) < 4.78 is 11.5. The van der Waals surface area contributed by atoms with Crippen LogP contribution < -0.4 is 15.2 Å². The van der Waals surface area contributed by atoms with E-state index in [4.69, 9.17) is 15.2 Å². The van der Waals surface area contributed by atoms with Crippen LogP contribution in [0.4, 0.5) is 0 Å². The number of ether oxygens (including phenoxy) is 2. The van der Waals surface area contributed by atoms with Crippen LogP contribution in [0.25, 0.3) is 0 Å². The van der Waals surface area contributed by atoms with Gasteiger partial charge in [-0.1, -0.05) is 12.5 Å². The van der Waals surface area contributed by atoms with Crippen LogP contribution in [-0.4, -0.2) is 37.7 Å². The third kappa shape index (κ3) is 2.63. The number of hydrogen-bond donors (Lipinski definition) is 1. The zero-order valence-electron chi connectivity index (χ0n) is 12.2. The first-order valence-corrected chi connectivity index (χ1v) is 7.61. The molecular weight excluding hydrogens is 252 g/mol. The van der Waals surface area contributed by atoms with Crippen molar-refractivity contribution in [2.75, 3.05) is 26.8 Å². The second-order valence-corrected chi connectivity index (χ2v) is 5.76. The van der Waals surface area contributed by atoms with Crippen molar-refractivity contribution < 1.29 is 9.47 Å². The lowest BCUT2D eigenvalue weighted by Gasteiger charge is -2.40. The molecule has 2 aliphatic rings. The van der Waals surface area contributed by atoms with E-state index in [9.17, 15) is 0 Å². The molecule has 0 saturated heterocycles. The highest BCUT2D eigenvalue weighted by Crippen LogP contribution is 2.35. The van der Waals surface area contributed by atoms with Gasteiger partial charge in [-0.2, -0.15) is 0 Å². The molecule has 0 amide bonds. The minimum atomic E-state index is 0.262. The van der Waals surface area contributed by atoms with Gasteiger partial charge in [-0.25, -0.2) is 0 Å². The molecule has 1 aliphatic heterocycles. The molecule has 2 N–H and O–H groups in total. The maximum Gasteiger partial charge on any atom is 0.161 e. The molecule has 0 bridgehead atoms. The zero-order valence-corrected chi connectivity index (χ0v) is 12.2. The second kappa shape index (κ2) is 6.02. The lowest BCUT2D eigenvalue weighted by Crippen LogP contribution is -2.42. The largest absolute Gasteiger partial charge is 0.490 e. The predicted octanol–water partition coefficient (Wildman–Crippen LogP) is 2.33. The maximum absolute atomic E-state index is 6.02. The molecule has 1 aliphatic carbocycles. The first-order valence-electron chi connectivity index (χ1n) is 7.61. The predicted molar refractivity (Wildman–Crippen MR) is 79.2 cm³/mol. The van der Waals surface area contributed by atoms with Crippen LogP contribution in [-0.2, 0) is 0 Å². The average molecular weight is 276 g/mol. The Kier molecular flexibility index (Phi) is 4.13. The van der Waals surface area contributed by atoms with Crippen LogP contribution in [0.5, 0.6) is 11.5 Å². The first-order chi connectivity index (χ1) is 9.79. The first kappa shape index (κ1) is 13.7. The molecule has 1 aromatic carbocycles. The molecular formula is C16H24N2O2. The van der Waals surface area contributed by atoms with E-state index >= 15 is 0 Å². The van der Waals surface area contributed by atoms with Gasteiger partial charge in [0.1, 0.15) is 0 Å². The molecule has 1 unspecified atom stereocenters. The van der Waals surface area contributed by atoms with E-state index in [2.05, 4.69) is 24.1 Å². The van der Waals surface area contributed by atoms with E-state index < -0.39 is 0 Å². The molecule has 4 nitrogen and oxygen atoms in total. The molecule has 110 valence electrons. The summed E-state index contributed by atoms with van der Waals surface area (Å²) in [7, 11) is 2.18. The number of fused-ring (bicyclic) bond motifs is 1. The number of rotatable bonds is 4. The van der Waals surface area contributed by atoms with Crippen LogP contribution in [0, 0.1) is 0 Å². The lowest BCUT2D eigenvalue weighted by molar-refractivity contribution is 0.113. The molecule has 1 atom stereocenters. The van der Waals surface area contributed by atoms with E-state index in [1.165, 1.54) is 24.8 Å². The zero-order chi connectivity index (χ0) is 13.9. The topological polar surface area (TPSA) is 47.7 Å². The Balaban J connectivity index is 1.82. The molecule has 1 fully saturated rings. The Morgan fingerprint density at radius 3 is 2.60 bits per heavy atom. The van der Waals surface area contributed by atoms with Gasteiger partial charge < -0.3 is 15.2 Å². The maximum atomic E-state index is 6.02. The van der Waals surface area contributed by atoms with E-state index in [1.54, 1.807) is 0 Å². The molecule has 0 spiro atoms. The van der Waals surface area contributed by atoms with E-state index in [1.807, 2.05) is 6.07 Å². The van der Waals surface area contributed by atoms with Gasteiger partial charge >= 0.3 is 0 Å². The molecule has 1 heterocycles. The summed E-state index contributed by atoms with van der Waals surface area (Å²) in [6.45, 7) is 2.09. The fourth-order valence-electron chi connectivity index (χ4n) is 2.97. The highest BCUT2D eigenvalue weighted by atomic mass is 16.5. The highest BCUT2D eigenvalue weighted by molar-refractivity contribution is 5.44. The lowest BCUT2D eigenvalue weighted by atomic mass is 9.89. The van der Waals surface area contributed by atoms with Crippen molar-refractivity contribution in [2.45, 2.75) is 37.8 Å². The summed E-state index contributed by atoms with van der Waals surface area (Å²) in [5.41, 5.74) is 7.24. The summed E-state index contributed by atoms with van der Waals surface area (Å²) in [6, 6.07) is 7.19. The van der Waals surface area contributed by atoms with Crippen LogP contribution in [0.1, 0.15) is 37.3 Å². The monoisotopic (exact) mass is 276 g/mol. The summed E-state index contributed by atoms with van der Waals surface area (Å²) in [4.78, 5) is 2.42. The standard InChI is InChI=1S/C16H24N2O2/c1-18(13-4-2-5-13)14(11-17)12-6-7-15-16(10-12)20-9-3-8-19-15/h6-7,10,13-14H,2-5,8-9,11,17H2,1H3. The van der Waals surface area contributed by atoms with Gasteiger partial charge in [0.15, 0.2) is 11.5 Å². The highest BCUT2D eigenvalue weighted by Gasteiger charge is 2.28. The van der Waals surface area contributed by atoms with Crippen molar-refractivity contribution in [2.24, 2.45) is 5.73 Å². The number of nitrogens with zero attached hydrogens (tertiary/aromatic N) is 1. The molecule has 3 rings (SSSR count). The Morgan fingerprint density at radius 2 is 1.95 bits per heavy atom. The second-order valence-electron chi connectivity index (χ2n) is 5.76. The molecule has 0 aromatic heterocycles. The Bertz CT molecular complexity index is 460. The van der Waals surface area contributed by atoms with Gasteiger partial charge in [0.25, 0.3) is 0 Å². The van der Waals surface area contributed by atoms with Crippen molar-refractivity contribution in [3.8, 4) is 11.5 Å². The molecule has 1 saturated carbocycles. The summed E-state index contributed by atoms with van der Waals surface area (Å²) in [5.74, 6) is 1.72.